The van der Waals surface area contributed by atoms with Crippen LogP contribution < -0.4 is 15.5 Å². The lowest BCUT2D eigenvalue weighted by Gasteiger charge is -2.05. The molecular weight excluding hydrogens is 310 g/mol. The topological polar surface area (TPSA) is 89.0 Å². The maximum absolute atomic E-state index is 11.4. The van der Waals surface area contributed by atoms with Gasteiger partial charge in [-0.2, -0.15) is 5.10 Å². The second-order valence-electron chi connectivity index (χ2n) is 4.07. The monoisotopic (exact) mass is 327 g/mol. The number of carbonyl (C=O) groups excluding carboxylic acids is 2. The van der Waals surface area contributed by atoms with Gasteiger partial charge in [0, 0.05) is 13.7 Å². The van der Waals surface area contributed by atoms with Gasteiger partial charge >= 0.3 is 11.8 Å². The Morgan fingerprint density at radius 3 is 2.77 bits per heavy atom. The summed E-state index contributed by atoms with van der Waals surface area (Å²) in [4.78, 5) is 22.8. The van der Waals surface area contributed by atoms with Crippen LogP contribution in [0.2, 0.25) is 5.02 Å². The molecule has 0 unspecified atom stereocenters. The highest BCUT2D eigenvalue weighted by molar-refractivity contribution is 6.35. The minimum absolute atomic E-state index is 0.251. The number of halogens is 1. The van der Waals surface area contributed by atoms with Crippen molar-refractivity contribution in [3.63, 3.8) is 0 Å². The summed E-state index contributed by atoms with van der Waals surface area (Å²) in [6.07, 6.45) is 1.38. The summed E-state index contributed by atoms with van der Waals surface area (Å²) in [5, 5.41) is 6.51. The molecule has 0 aromatic heterocycles. The molecule has 0 radical (unpaired) electrons. The Kier molecular flexibility index (Phi) is 7.95. The second-order valence-corrected chi connectivity index (χ2v) is 4.48. The number of ether oxygens (including phenoxy) is 2. The highest BCUT2D eigenvalue weighted by Crippen LogP contribution is 2.24. The van der Waals surface area contributed by atoms with Crippen molar-refractivity contribution in [1.29, 1.82) is 0 Å². The van der Waals surface area contributed by atoms with Gasteiger partial charge < -0.3 is 14.8 Å². The average Bonchev–Trinajstić information content (AvgIpc) is 2.50. The lowest BCUT2D eigenvalue weighted by atomic mass is 10.2. The first kappa shape index (κ1) is 17.9. The first-order chi connectivity index (χ1) is 10.6. The zero-order valence-electron chi connectivity index (χ0n) is 12.4. The maximum Gasteiger partial charge on any atom is 0.329 e. The van der Waals surface area contributed by atoms with Gasteiger partial charge in [0.15, 0.2) is 0 Å². The minimum atomic E-state index is -0.857. The van der Waals surface area contributed by atoms with E-state index in [0.29, 0.717) is 29.5 Å². The highest BCUT2D eigenvalue weighted by atomic mass is 35.5. The maximum atomic E-state index is 11.4. The highest BCUT2D eigenvalue weighted by Gasteiger charge is 2.11. The van der Waals surface area contributed by atoms with Gasteiger partial charge in [0.2, 0.25) is 0 Å². The molecule has 1 rings (SSSR count). The van der Waals surface area contributed by atoms with E-state index >= 15 is 0 Å². The van der Waals surface area contributed by atoms with Gasteiger partial charge in [0.1, 0.15) is 5.75 Å². The van der Waals surface area contributed by atoms with E-state index in [0.717, 1.165) is 0 Å². The number of carbonyl (C=O) groups is 2. The molecule has 22 heavy (non-hydrogen) atoms. The summed E-state index contributed by atoms with van der Waals surface area (Å²) in [5.41, 5.74) is 2.78. The number of hydrogen-bond acceptors (Lipinski definition) is 5. The summed E-state index contributed by atoms with van der Waals surface area (Å²) in [7, 11) is 1.50. The third-order valence-corrected chi connectivity index (χ3v) is 2.73. The molecule has 120 valence electrons. The van der Waals surface area contributed by atoms with E-state index in [-0.39, 0.29) is 6.54 Å². The fourth-order valence-corrected chi connectivity index (χ4v) is 1.68. The van der Waals surface area contributed by atoms with Crippen LogP contribution in [0.1, 0.15) is 12.5 Å². The molecular formula is C14H18ClN3O4. The smallest absolute Gasteiger partial charge is 0.329 e. The van der Waals surface area contributed by atoms with Crippen LogP contribution in [0.3, 0.4) is 0 Å². The fourth-order valence-electron chi connectivity index (χ4n) is 1.43. The van der Waals surface area contributed by atoms with Gasteiger partial charge in [0.25, 0.3) is 0 Å². The van der Waals surface area contributed by atoms with Crippen molar-refractivity contribution in [2.45, 2.75) is 6.92 Å². The van der Waals surface area contributed by atoms with E-state index in [9.17, 15) is 9.59 Å². The van der Waals surface area contributed by atoms with E-state index in [2.05, 4.69) is 15.8 Å². The number of hydrogen-bond donors (Lipinski definition) is 2. The number of benzene rings is 1. The predicted octanol–water partition coefficient (Wildman–Crippen LogP) is 0.951. The van der Waals surface area contributed by atoms with Gasteiger partial charge in [-0.05, 0) is 30.7 Å². The molecule has 0 aliphatic rings. The Hall–Kier alpha value is -2.12. The molecule has 0 bridgehead atoms. The van der Waals surface area contributed by atoms with Crippen molar-refractivity contribution >= 4 is 29.6 Å². The number of methoxy groups -OCH3 is 1. The Labute approximate surface area is 133 Å². The number of hydrazone groups is 1. The number of nitrogens with one attached hydrogen (secondary N) is 2. The van der Waals surface area contributed by atoms with E-state index in [1.165, 1.54) is 13.3 Å². The Balaban J connectivity index is 2.49. The third kappa shape index (κ3) is 6.11. The van der Waals surface area contributed by atoms with Crippen LogP contribution in [0.15, 0.2) is 23.3 Å². The molecule has 7 nitrogen and oxygen atoms in total. The third-order valence-electron chi connectivity index (χ3n) is 2.43. The lowest BCUT2D eigenvalue weighted by molar-refractivity contribution is -0.139. The molecule has 0 atom stereocenters. The standard InChI is InChI=1S/C14H18ClN3O4/c1-3-22-12-5-4-10(8-11(12)15)9-17-18-14(20)13(19)16-6-7-21-2/h4-5,8-9H,3,6-7H2,1-2H3,(H,16,19)(H,18,20)/b17-9-. The molecule has 0 spiro atoms. The van der Waals surface area contributed by atoms with Crippen LogP contribution >= 0.6 is 11.6 Å². The zero-order valence-corrected chi connectivity index (χ0v) is 13.1. The first-order valence-corrected chi connectivity index (χ1v) is 6.98. The van der Waals surface area contributed by atoms with Crippen LogP contribution in [0.25, 0.3) is 0 Å². The number of nitrogens with zero attached hydrogens (tertiary/aromatic N) is 1. The van der Waals surface area contributed by atoms with E-state index in [1.54, 1.807) is 18.2 Å². The Morgan fingerprint density at radius 2 is 2.14 bits per heavy atom. The van der Waals surface area contributed by atoms with Crippen molar-refractivity contribution in [3.05, 3.63) is 28.8 Å². The number of amides is 2. The Morgan fingerprint density at radius 1 is 1.36 bits per heavy atom. The summed E-state index contributed by atoms with van der Waals surface area (Å²) >= 11 is 6.02. The molecule has 8 heteroatoms. The molecule has 0 saturated heterocycles. The fraction of sp³-hybridized carbons (Fsp3) is 0.357. The normalized spacial score (nSPS) is 10.5. The van der Waals surface area contributed by atoms with Crippen LogP contribution in [0.4, 0.5) is 0 Å². The molecule has 0 saturated carbocycles. The molecule has 1 aromatic rings. The van der Waals surface area contributed by atoms with Crippen molar-refractivity contribution in [2.75, 3.05) is 26.9 Å². The Bertz CT molecular complexity index is 549. The van der Waals surface area contributed by atoms with Crippen molar-refractivity contribution < 1.29 is 19.1 Å². The lowest BCUT2D eigenvalue weighted by Crippen LogP contribution is -2.39. The van der Waals surface area contributed by atoms with Crippen LogP contribution in [0, 0.1) is 0 Å². The van der Waals surface area contributed by atoms with E-state index in [1.807, 2.05) is 6.92 Å². The average molecular weight is 328 g/mol. The van der Waals surface area contributed by atoms with Crippen molar-refractivity contribution in [2.24, 2.45) is 5.10 Å². The van der Waals surface area contributed by atoms with E-state index in [4.69, 9.17) is 21.1 Å². The van der Waals surface area contributed by atoms with E-state index < -0.39 is 11.8 Å². The van der Waals surface area contributed by atoms with Crippen LogP contribution in [-0.2, 0) is 14.3 Å². The molecule has 0 aliphatic carbocycles. The summed E-state index contributed by atoms with van der Waals surface area (Å²) in [6, 6.07) is 5.07. The summed E-state index contributed by atoms with van der Waals surface area (Å²) in [6.45, 7) is 2.95. The van der Waals surface area contributed by atoms with Crippen molar-refractivity contribution in [1.82, 2.24) is 10.7 Å². The van der Waals surface area contributed by atoms with Gasteiger partial charge in [-0.3, -0.25) is 9.59 Å². The van der Waals surface area contributed by atoms with Gasteiger partial charge in [-0.25, -0.2) is 5.43 Å². The zero-order chi connectivity index (χ0) is 16.4. The van der Waals surface area contributed by atoms with Gasteiger partial charge in [-0.15, -0.1) is 0 Å². The quantitative estimate of drug-likeness (QED) is 0.338. The van der Waals surface area contributed by atoms with Gasteiger partial charge in [0.05, 0.1) is 24.5 Å². The minimum Gasteiger partial charge on any atom is -0.492 e. The predicted molar refractivity (Wildman–Crippen MR) is 83.2 cm³/mol. The SMILES string of the molecule is CCOc1ccc(/C=N\NC(=O)C(=O)NCCOC)cc1Cl. The first-order valence-electron chi connectivity index (χ1n) is 6.61. The molecule has 1 aromatic carbocycles. The van der Waals surface area contributed by atoms with Gasteiger partial charge in [-0.1, -0.05) is 11.6 Å². The molecule has 2 N–H and O–H groups in total. The second kappa shape index (κ2) is 9.75. The van der Waals surface area contributed by atoms with Crippen LogP contribution in [0.5, 0.6) is 5.75 Å². The largest absolute Gasteiger partial charge is 0.492 e. The summed E-state index contributed by atoms with van der Waals surface area (Å²) in [5.74, 6) is -1.06. The molecule has 2 amide bonds. The molecule has 0 fully saturated rings. The molecule has 0 aliphatic heterocycles. The molecule has 0 heterocycles. The summed E-state index contributed by atoms with van der Waals surface area (Å²) < 4.78 is 10.1. The van der Waals surface area contributed by atoms with Crippen LogP contribution in [-0.4, -0.2) is 44.9 Å². The number of rotatable bonds is 7. The van der Waals surface area contributed by atoms with Crippen molar-refractivity contribution in [3.8, 4) is 5.75 Å².